The van der Waals surface area contributed by atoms with Crippen LogP contribution in [0.5, 0.6) is 0 Å². The van der Waals surface area contributed by atoms with Crippen molar-refractivity contribution in [3.8, 4) is 0 Å². The molecule has 0 bridgehead atoms. The maximum Gasteiger partial charge on any atom is 0.0540 e. The smallest absolute Gasteiger partial charge is 0.0540 e. The fourth-order valence-corrected chi connectivity index (χ4v) is 4.08. The highest BCUT2D eigenvalue weighted by molar-refractivity contribution is 5.27. The van der Waals surface area contributed by atoms with Crippen LogP contribution in [0.15, 0.2) is 30.3 Å². The molecule has 2 N–H and O–H groups in total. The number of nitrogens with zero attached hydrogens (tertiary/aromatic N) is 1. The maximum atomic E-state index is 10.1. The van der Waals surface area contributed by atoms with Gasteiger partial charge in [-0.15, -0.1) is 0 Å². The zero-order chi connectivity index (χ0) is 14.5. The minimum Gasteiger partial charge on any atom is -0.395 e. The van der Waals surface area contributed by atoms with Gasteiger partial charge in [0.25, 0.3) is 0 Å². The van der Waals surface area contributed by atoms with E-state index in [2.05, 4.69) is 40.5 Å². The predicted molar refractivity (Wildman–Crippen MR) is 86.5 cm³/mol. The van der Waals surface area contributed by atoms with Crippen molar-refractivity contribution in [1.82, 2.24) is 10.2 Å². The van der Waals surface area contributed by atoms with Crippen LogP contribution >= 0.6 is 0 Å². The van der Waals surface area contributed by atoms with Crippen LogP contribution < -0.4 is 5.32 Å². The highest BCUT2D eigenvalue weighted by Crippen LogP contribution is 2.34. The first-order valence-electron chi connectivity index (χ1n) is 8.42. The zero-order valence-corrected chi connectivity index (χ0v) is 12.9. The molecule has 2 atom stereocenters. The van der Waals surface area contributed by atoms with Crippen molar-refractivity contribution in [3.63, 3.8) is 0 Å². The summed E-state index contributed by atoms with van der Waals surface area (Å²) in [5.74, 6) is 0.781. The largest absolute Gasteiger partial charge is 0.395 e. The number of nitrogens with one attached hydrogen (secondary N) is 1. The van der Waals surface area contributed by atoms with Gasteiger partial charge < -0.3 is 15.3 Å². The summed E-state index contributed by atoms with van der Waals surface area (Å²) in [5, 5.41) is 13.6. The van der Waals surface area contributed by atoms with E-state index in [4.69, 9.17) is 0 Å². The summed E-state index contributed by atoms with van der Waals surface area (Å²) in [6.45, 7) is 5.97. The average Bonchev–Trinajstić information content (AvgIpc) is 2.57. The molecule has 2 heterocycles. The molecule has 3 rings (SSSR count). The van der Waals surface area contributed by atoms with Crippen molar-refractivity contribution in [2.75, 3.05) is 39.3 Å². The van der Waals surface area contributed by atoms with Crippen LogP contribution in [-0.4, -0.2) is 49.3 Å². The van der Waals surface area contributed by atoms with Gasteiger partial charge in [0.1, 0.15) is 0 Å². The summed E-state index contributed by atoms with van der Waals surface area (Å²) in [6, 6.07) is 10.6. The molecule has 1 aromatic carbocycles. The second-order valence-corrected chi connectivity index (χ2v) is 6.86. The molecule has 21 heavy (non-hydrogen) atoms. The van der Waals surface area contributed by atoms with Gasteiger partial charge in [-0.1, -0.05) is 30.3 Å². The fraction of sp³-hybridized carbons (Fsp3) is 0.667. The number of aliphatic hydroxyl groups excluding tert-OH is 1. The molecule has 2 aliphatic heterocycles. The Balaban J connectivity index is 1.68. The minimum absolute atomic E-state index is 0.0540. The van der Waals surface area contributed by atoms with Crippen molar-refractivity contribution in [2.45, 2.75) is 31.1 Å². The van der Waals surface area contributed by atoms with E-state index in [1.807, 2.05) is 0 Å². The highest BCUT2D eigenvalue weighted by Gasteiger charge is 2.37. The summed E-state index contributed by atoms with van der Waals surface area (Å²) in [4.78, 5) is 2.59. The molecule has 0 amide bonds. The fourth-order valence-electron chi connectivity index (χ4n) is 4.08. The first-order chi connectivity index (χ1) is 10.3. The van der Waals surface area contributed by atoms with E-state index in [9.17, 15) is 5.11 Å². The van der Waals surface area contributed by atoms with Crippen LogP contribution in [0.4, 0.5) is 0 Å². The lowest BCUT2D eigenvalue weighted by Gasteiger charge is -2.43. The van der Waals surface area contributed by atoms with Gasteiger partial charge in [-0.2, -0.15) is 0 Å². The lowest BCUT2D eigenvalue weighted by Crippen LogP contribution is -2.50. The van der Waals surface area contributed by atoms with E-state index in [0.29, 0.717) is 0 Å². The summed E-state index contributed by atoms with van der Waals surface area (Å²) in [5.41, 5.74) is 1.25. The van der Waals surface area contributed by atoms with E-state index < -0.39 is 0 Å². The van der Waals surface area contributed by atoms with Gasteiger partial charge in [0.05, 0.1) is 6.61 Å². The predicted octanol–water partition coefficient (Wildman–Crippen LogP) is 2.01. The highest BCUT2D eigenvalue weighted by atomic mass is 16.3. The quantitative estimate of drug-likeness (QED) is 0.890. The summed E-state index contributed by atoms with van der Waals surface area (Å²) in [6.07, 6.45) is 4.95. The Morgan fingerprint density at radius 3 is 2.81 bits per heavy atom. The molecule has 0 saturated carbocycles. The van der Waals surface area contributed by atoms with Gasteiger partial charge in [-0.05, 0) is 56.8 Å². The normalized spacial score (nSPS) is 31.2. The number of aliphatic hydroxyl groups is 1. The van der Waals surface area contributed by atoms with E-state index >= 15 is 0 Å². The standard InChI is InChI=1S/C18H28N2O/c21-15-18(17-7-2-1-3-8-17)9-5-11-20(14-18)13-16-6-4-10-19-12-16/h1-3,7-8,16,19,21H,4-6,9-15H2. The zero-order valence-electron chi connectivity index (χ0n) is 12.9. The second-order valence-electron chi connectivity index (χ2n) is 6.86. The number of hydrogen-bond donors (Lipinski definition) is 2. The molecular formula is C18H28N2O. The molecule has 2 aliphatic rings. The maximum absolute atomic E-state index is 10.1. The number of hydrogen-bond acceptors (Lipinski definition) is 3. The second kappa shape index (κ2) is 6.91. The van der Waals surface area contributed by atoms with Crippen LogP contribution in [0.25, 0.3) is 0 Å². The summed E-state index contributed by atoms with van der Waals surface area (Å²) < 4.78 is 0. The number of likely N-dealkylation sites (tertiary alicyclic amines) is 1. The Morgan fingerprint density at radius 2 is 2.10 bits per heavy atom. The SMILES string of the molecule is OCC1(c2ccccc2)CCCN(CC2CCCNC2)C1. The van der Waals surface area contributed by atoms with Crippen molar-refractivity contribution in [1.29, 1.82) is 0 Å². The topological polar surface area (TPSA) is 35.5 Å². The third-order valence-corrected chi connectivity index (χ3v) is 5.26. The van der Waals surface area contributed by atoms with Crippen LogP contribution in [0.2, 0.25) is 0 Å². The lowest BCUT2D eigenvalue weighted by atomic mass is 9.74. The van der Waals surface area contributed by atoms with E-state index in [1.54, 1.807) is 0 Å². The van der Waals surface area contributed by atoms with Crippen LogP contribution in [0.3, 0.4) is 0 Å². The molecule has 0 aliphatic carbocycles. The van der Waals surface area contributed by atoms with Crippen LogP contribution in [-0.2, 0) is 5.41 Å². The first kappa shape index (κ1) is 15.0. The molecule has 116 valence electrons. The molecule has 2 unspecified atom stereocenters. The monoisotopic (exact) mass is 288 g/mol. The molecule has 2 fully saturated rings. The van der Waals surface area contributed by atoms with Crippen molar-refractivity contribution in [3.05, 3.63) is 35.9 Å². The lowest BCUT2D eigenvalue weighted by molar-refractivity contribution is 0.0760. The summed E-state index contributed by atoms with van der Waals surface area (Å²) in [7, 11) is 0. The van der Waals surface area contributed by atoms with Gasteiger partial charge in [-0.3, -0.25) is 0 Å². The Labute approximate surface area is 128 Å². The number of piperidine rings is 2. The van der Waals surface area contributed by atoms with Gasteiger partial charge in [0.2, 0.25) is 0 Å². The Bertz CT molecular complexity index is 430. The summed E-state index contributed by atoms with van der Waals surface area (Å²) >= 11 is 0. The molecule has 2 saturated heterocycles. The first-order valence-corrected chi connectivity index (χ1v) is 8.42. The molecule has 3 nitrogen and oxygen atoms in total. The molecular weight excluding hydrogens is 260 g/mol. The molecule has 1 aromatic rings. The Hall–Kier alpha value is -0.900. The van der Waals surface area contributed by atoms with Crippen molar-refractivity contribution < 1.29 is 5.11 Å². The molecule has 0 spiro atoms. The number of benzene rings is 1. The Morgan fingerprint density at radius 1 is 1.24 bits per heavy atom. The van der Waals surface area contributed by atoms with Crippen molar-refractivity contribution >= 4 is 0 Å². The number of rotatable bonds is 4. The van der Waals surface area contributed by atoms with Crippen molar-refractivity contribution in [2.24, 2.45) is 5.92 Å². The van der Waals surface area contributed by atoms with Crippen LogP contribution in [0, 0.1) is 5.92 Å². The molecule has 3 heteroatoms. The van der Waals surface area contributed by atoms with E-state index in [-0.39, 0.29) is 12.0 Å². The third-order valence-electron chi connectivity index (χ3n) is 5.26. The van der Waals surface area contributed by atoms with Crippen LogP contribution in [0.1, 0.15) is 31.2 Å². The Kier molecular flexibility index (Phi) is 4.94. The van der Waals surface area contributed by atoms with E-state index in [0.717, 1.165) is 25.4 Å². The third kappa shape index (κ3) is 3.47. The van der Waals surface area contributed by atoms with Gasteiger partial charge in [0, 0.05) is 18.5 Å². The average molecular weight is 288 g/mol. The van der Waals surface area contributed by atoms with Gasteiger partial charge in [-0.25, -0.2) is 0 Å². The van der Waals surface area contributed by atoms with E-state index in [1.165, 1.54) is 44.5 Å². The van der Waals surface area contributed by atoms with Gasteiger partial charge >= 0.3 is 0 Å². The van der Waals surface area contributed by atoms with Gasteiger partial charge in [0.15, 0.2) is 0 Å². The molecule has 0 aromatic heterocycles. The molecule has 0 radical (unpaired) electrons. The minimum atomic E-state index is -0.0540.